The molecular weight excluding hydrogens is 380 g/mol. The second kappa shape index (κ2) is 9.71. The van der Waals surface area contributed by atoms with E-state index in [1.54, 1.807) is 12.1 Å². The molecule has 1 unspecified atom stereocenters. The van der Waals surface area contributed by atoms with E-state index < -0.39 is 4.92 Å². The number of nitrogens with zero attached hydrogens (tertiary/aromatic N) is 3. The predicted octanol–water partition coefficient (Wildman–Crippen LogP) is 3.83. The van der Waals surface area contributed by atoms with Gasteiger partial charge >= 0.3 is 0 Å². The van der Waals surface area contributed by atoms with Crippen LogP contribution in [0.5, 0.6) is 0 Å². The van der Waals surface area contributed by atoms with Crippen LogP contribution < -0.4 is 10.2 Å². The van der Waals surface area contributed by atoms with Crippen LogP contribution in [-0.4, -0.2) is 47.4 Å². The minimum atomic E-state index is -0.391. The molecule has 7 nitrogen and oxygen atoms in total. The molecule has 3 rings (SSSR count). The molecule has 0 radical (unpaired) electrons. The number of carbonyl (C=O) groups is 1. The molecule has 30 heavy (non-hydrogen) atoms. The molecule has 0 bridgehead atoms. The van der Waals surface area contributed by atoms with E-state index in [9.17, 15) is 14.9 Å². The van der Waals surface area contributed by atoms with E-state index in [1.807, 2.05) is 32.0 Å². The molecular formula is C23H30N4O3. The summed E-state index contributed by atoms with van der Waals surface area (Å²) >= 11 is 0. The van der Waals surface area contributed by atoms with Gasteiger partial charge in [0.1, 0.15) is 5.69 Å². The monoisotopic (exact) mass is 410 g/mol. The third-order valence-corrected chi connectivity index (χ3v) is 5.52. The van der Waals surface area contributed by atoms with Gasteiger partial charge in [0.05, 0.1) is 4.92 Å². The zero-order valence-electron chi connectivity index (χ0n) is 17.9. The Bertz CT molecular complexity index is 885. The van der Waals surface area contributed by atoms with E-state index in [1.165, 1.54) is 11.6 Å². The van der Waals surface area contributed by atoms with E-state index in [0.29, 0.717) is 23.8 Å². The second-order valence-corrected chi connectivity index (χ2v) is 8.17. The van der Waals surface area contributed by atoms with Gasteiger partial charge in [-0.15, -0.1) is 0 Å². The summed E-state index contributed by atoms with van der Waals surface area (Å²) in [6.07, 6.45) is 0.916. The third-order valence-electron chi connectivity index (χ3n) is 5.52. The minimum Gasteiger partial charge on any atom is -0.365 e. The van der Waals surface area contributed by atoms with E-state index in [4.69, 9.17) is 0 Å². The maximum Gasteiger partial charge on any atom is 0.293 e. The Labute approximate surface area is 177 Å². The topological polar surface area (TPSA) is 78.7 Å². The van der Waals surface area contributed by atoms with Crippen molar-refractivity contribution in [3.05, 3.63) is 69.8 Å². The molecule has 1 N–H and O–H groups in total. The number of amides is 1. The summed E-state index contributed by atoms with van der Waals surface area (Å²) in [7, 11) is 0. The lowest BCUT2D eigenvalue weighted by atomic mass is 10.1. The molecule has 0 aromatic heterocycles. The number of nitro groups is 1. The van der Waals surface area contributed by atoms with Crippen LogP contribution in [-0.2, 0) is 6.54 Å². The summed E-state index contributed by atoms with van der Waals surface area (Å²) in [5.41, 5.74) is 2.14. The molecule has 160 valence electrons. The number of benzene rings is 2. The van der Waals surface area contributed by atoms with Gasteiger partial charge in [-0.25, -0.2) is 0 Å². The molecule has 2 aromatic rings. The van der Waals surface area contributed by atoms with Gasteiger partial charge in [-0.2, -0.15) is 0 Å². The highest BCUT2D eigenvalue weighted by Crippen LogP contribution is 2.31. The number of nitrogens with one attached hydrogen (secondary N) is 1. The van der Waals surface area contributed by atoms with Crippen LogP contribution in [0.25, 0.3) is 0 Å². The summed E-state index contributed by atoms with van der Waals surface area (Å²) in [4.78, 5) is 28.1. The van der Waals surface area contributed by atoms with Crippen molar-refractivity contribution in [2.24, 2.45) is 0 Å². The van der Waals surface area contributed by atoms with Crippen LogP contribution in [0.4, 0.5) is 11.4 Å². The number of anilines is 1. The lowest BCUT2D eigenvalue weighted by Crippen LogP contribution is -2.34. The molecule has 0 aliphatic carbocycles. The lowest BCUT2D eigenvalue weighted by molar-refractivity contribution is -0.384. The summed E-state index contributed by atoms with van der Waals surface area (Å²) in [5.74, 6) is -0.293. The van der Waals surface area contributed by atoms with Crippen LogP contribution in [0, 0.1) is 10.1 Å². The maximum absolute atomic E-state index is 12.3. The summed E-state index contributed by atoms with van der Waals surface area (Å²) in [5, 5.41) is 14.5. The van der Waals surface area contributed by atoms with Gasteiger partial charge in [0, 0.05) is 49.9 Å². The molecule has 1 fully saturated rings. The number of hydrogen-bond donors (Lipinski definition) is 1. The molecule has 1 amide bonds. The highest BCUT2D eigenvalue weighted by atomic mass is 16.6. The summed E-state index contributed by atoms with van der Waals surface area (Å²) in [6, 6.07) is 15.5. The van der Waals surface area contributed by atoms with E-state index in [0.717, 1.165) is 26.1 Å². The van der Waals surface area contributed by atoms with E-state index >= 15 is 0 Å². The Morgan fingerprint density at radius 3 is 2.57 bits per heavy atom. The van der Waals surface area contributed by atoms with Crippen molar-refractivity contribution in [3.8, 4) is 0 Å². The Kier molecular flexibility index (Phi) is 7.05. The van der Waals surface area contributed by atoms with Crippen LogP contribution in [0.3, 0.4) is 0 Å². The first kappa shape index (κ1) is 21.8. The maximum atomic E-state index is 12.3. The Morgan fingerprint density at radius 2 is 1.90 bits per heavy atom. The van der Waals surface area contributed by atoms with Gasteiger partial charge in [-0.3, -0.25) is 19.8 Å². The standard InChI is InChI=1S/C23H30N4O3/c1-17(2)24-23(28)20-9-10-21(22(15-20)27(29)30)25-12-11-18(3)26(14-13-25)16-19-7-5-4-6-8-19/h4-10,15,17-18H,11-14,16H2,1-3H3,(H,24,28). The molecule has 2 aromatic carbocycles. The van der Waals surface area contributed by atoms with E-state index in [2.05, 4.69) is 34.2 Å². The highest BCUT2D eigenvalue weighted by molar-refractivity contribution is 5.96. The quantitative estimate of drug-likeness (QED) is 0.578. The van der Waals surface area contributed by atoms with Crippen LogP contribution >= 0.6 is 0 Å². The summed E-state index contributed by atoms with van der Waals surface area (Å²) < 4.78 is 0. The summed E-state index contributed by atoms with van der Waals surface area (Å²) in [6.45, 7) is 9.07. The zero-order chi connectivity index (χ0) is 21.7. The van der Waals surface area contributed by atoms with Crippen LogP contribution in [0.2, 0.25) is 0 Å². The van der Waals surface area contributed by atoms with Gasteiger partial charge < -0.3 is 10.2 Å². The molecule has 1 heterocycles. The van der Waals surface area contributed by atoms with Crippen molar-refractivity contribution in [3.63, 3.8) is 0 Å². The normalized spacial score (nSPS) is 17.6. The van der Waals surface area contributed by atoms with Gasteiger partial charge in [-0.05, 0) is 44.9 Å². The Balaban J connectivity index is 1.78. The molecule has 0 saturated carbocycles. The van der Waals surface area contributed by atoms with Crippen molar-refractivity contribution < 1.29 is 9.72 Å². The second-order valence-electron chi connectivity index (χ2n) is 8.17. The largest absolute Gasteiger partial charge is 0.365 e. The molecule has 1 saturated heterocycles. The van der Waals surface area contributed by atoms with Gasteiger partial charge in [-0.1, -0.05) is 30.3 Å². The smallest absolute Gasteiger partial charge is 0.293 e. The first-order valence-electron chi connectivity index (χ1n) is 10.5. The predicted molar refractivity (Wildman–Crippen MR) is 119 cm³/mol. The van der Waals surface area contributed by atoms with Crippen molar-refractivity contribution in [1.82, 2.24) is 10.2 Å². The average molecular weight is 411 g/mol. The van der Waals surface area contributed by atoms with Crippen LogP contribution in [0.1, 0.15) is 43.1 Å². The fourth-order valence-electron chi connectivity index (χ4n) is 3.82. The van der Waals surface area contributed by atoms with Crippen molar-refractivity contribution >= 4 is 17.3 Å². The van der Waals surface area contributed by atoms with Crippen molar-refractivity contribution in [1.29, 1.82) is 0 Å². The molecule has 0 spiro atoms. The van der Waals surface area contributed by atoms with Crippen LogP contribution in [0.15, 0.2) is 48.5 Å². The van der Waals surface area contributed by atoms with Crippen molar-refractivity contribution in [2.45, 2.75) is 45.8 Å². The van der Waals surface area contributed by atoms with Crippen molar-refractivity contribution in [2.75, 3.05) is 24.5 Å². The average Bonchev–Trinajstić information content (AvgIpc) is 2.89. The molecule has 1 aliphatic heterocycles. The molecule has 1 aliphatic rings. The van der Waals surface area contributed by atoms with Gasteiger partial charge in [0.2, 0.25) is 0 Å². The Hall–Kier alpha value is -2.93. The first-order chi connectivity index (χ1) is 14.3. The lowest BCUT2D eigenvalue weighted by Gasteiger charge is -2.26. The fourth-order valence-corrected chi connectivity index (χ4v) is 3.82. The first-order valence-corrected chi connectivity index (χ1v) is 10.5. The Morgan fingerprint density at radius 1 is 1.17 bits per heavy atom. The fraction of sp³-hybridized carbons (Fsp3) is 0.435. The molecule has 1 atom stereocenters. The SMILES string of the molecule is CC(C)NC(=O)c1ccc(N2CCC(C)N(Cc3ccccc3)CC2)c([N+](=O)[O-])c1. The zero-order valence-corrected chi connectivity index (χ0v) is 17.9. The number of rotatable bonds is 6. The third kappa shape index (κ3) is 5.36. The molecule has 7 heteroatoms. The highest BCUT2D eigenvalue weighted by Gasteiger charge is 2.26. The van der Waals surface area contributed by atoms with Gasteiger partial charge in [0.15, 0.2) is 0 Å². The number of carbonyl (C=O) groups excluding carboxylic acids is 1. The number of hydrogen-bond acceptors (Lipinski definition) is 5. The van der Waals surface area contributed by atoms with E-state index in [-0.39, 0.29) is 17.6 Å². The van der Waals surface area contributed by atoms with Gasteiger partial charge in [0.25, 0.3) is 11.6 Å². The number of nitro benzene ring substituents is 1. The minimum absolute atomic E-state index is 0.0180.